The summed E-state index contributed by atoms with van der Waals surface area (Å²) in [6.07, 6.45) is 3.89. The third kappa shape index (κ3) is 5.09. The Bertz CT molecular complexity index is 496. The molecule has 1 heterocycles. The number of hydrogen-bond donors (Lipinski definition) is 2. The number of piperidine rings is 1. The van der Waals surface area contributed by atoms with Crippen LogP contribution in [0, 0.1) is 11.7 Å². The third-order valence-corrected chi connectivity index (χ3v) is 4.57. The molecule has 1 aliphatic rings. The first-order chi connectivity index (χ1) is 10.5. The van der Waals surface area contributed by atoms with Gasteiger partial charge in [0.15, 0.2) is 0 Å². The van der Waals surface area contributed by atoms with Crippen molar-refractivity contribution in [1.29, 1.82) is 0 Å². The molecule has 0 aromatic heterocycles. The summed E-state index contributed by atoms with van der Waals surface area (Å²) in [6.45, 7) is 6.71. The van der Waals surface area contributed by atoms with E-state index in [1.165, 1.54) is 18.9 Å². The first-order valence-electron chi connectivity index (χ1n) is 8.21. The molecule has 1 saturated heterocycles. The Morgan fingerprint density at radius 1 is 1.36 bits per heavy atom. The summed E-state index contributed by atoms with van der Waals surface area (Å²) in [4.78, 5) is 12.0. The number of benzene rings is 1. The molecule has 1 aromatic carbocycles. The van der Waals surface area contributed by atoms with E-state index in [2.05, 4.69) is 10.6 Å². The van der Waals surface area contributed by atoms with E-state index in [9.17, 15) is 9.18 Å². The van der Waals surface area contributed by atoms with Gasteiger partial charge >= 0.3 is 0 Å². The van der Waals surface area contributed by atoms with Crippen molar-refractivity contribution in [3.8, 4) is 0 Å². The normalized spacial score (nSPS) is 16.5. The Hall–Kier alpha value is -1.42. The lowest BCUT2D eigenvalue weighted by Gasteiger charge is -2.26. The molecule has 4 heteroatoms. The summed E-state index contributed by atoms with van der Waals surface area (Å²) < 4.78 is 13.3. The molecule has 0 spiro atoms. The summed E-state index contributed by atoms with van der Waals surface area (Å²) in [5.41, 5.74) is 0.637. The summed E-state index contributed by atoms with van der Waals surface area (Å²) in [5.74, 6) is 0.536. The average Bonchev–Trinajstić information content (AvgIpc) is 2.52. The van der Waals surface area contributed by atoms with Gasteiger partial charge in [0.05, 0.1) is 0 Å². The maximum Gasteiger partial charge on any atom is 0.220 e. The molecule has 0 aliphatic carbocycles. The molecule has 0 saturated carbocycles. The van der Waals surface area contributed by atoms with E-state index < -0.39 is 0 Å². The summed E-state index contributed by atoms with van der Waals surface area (Å²) in [6, 6.07) is 6.61. The van der Waals surface area contributed by atoms with E-state index in [0.29, 0.717) is 18.9 Å². The fourth-order valence-electron chi connectivity index (χ4n) is 2.93. The van der Waals surface area contributed by atoms with Crippen LogP contribution < -0.4 is 10.6 Å². The van der Waals surface area contributed by atoms with Crippen molar-refractivity contribution < 1.29 is 9.18 Å². The Labute approximate surface area is 132 Å². The molecule has 1 amide bonds. The van der Waals surface area contributed by atoms with Gasteiger partial charge in [0.25, 0.3) is 0 Å². The first kappa shape index (κ1) is 16.9. The summed E-state index contributed by atoms with van der Waals surface area (Å²) in [7, 11) is 0. The number of rotatable bonds is 6. The number of carbonyl (C=O) groups excluding carboxylic acids is 1. The fourth-order valence-corrected chi connectivity index (χ4v) is 2.93. The monoisotopic (exact) mass is 306 g/mol. The van der Waals surface area contributed by atoms with Crippen LogP contribution in [0.25, 0.3) is 0 Å². The minimum Gasteiger partial charge on any atom is -0.355 e. The molecule has 0 radical (unpaired) electrons. The Kier molecular flexibility index (Phi) is 5.95. The fraction of sp³-hybridized carbons (Fsp3) is 0.611. The Morgan fingerprint density at radius 2 is 2.09 bits per heavy atom. The molecular formula is C18H27FN2O. The highest BCUT2D eigenvalue weighted by Crippen LogP contribution is 2.23. The van der Waals surface area contributed by atoms with Crippen LogP contribution in [0.4, 0.5) is 4.39 Å². The Morgan fingerprint density at radius 3 is 2.77 bits per heavy atom. The number of nitrogens with one attached hydrogen (secondary N) is 2. The van der Waals surface area contributed by atoms with Gasteiger partial charge in [-0.1, -0.05) is 26.0 Å². The van der Waals surface area contributed by atoms with Gasteiger partial charge in [0.2, 0.25) is 5.91 Å². The van der Waals surface area contributed by atoms with Gasteiger partial charge in [-0.3, -0.25) is 4.79 Å². The SMILES string of the molecule is CC(C)(CNC(=O)CCC1CCNCC1)c1cccc(F)c1. The molecule has 122 valence electrons. The van der Waals surface area contributed by atoms with Gasteiger partial charge in [-0.2, -0.15) is 0 Å². The van der Waals surface area contributed by atoms with Gasteiger partial charge < -0.3 is 10.6 Å². The van der Waals surface area contributed by atoms with Crippen molar-refractivity contribution in [2.75, 3.05) is 19.6 Å². The molecule has 0 atom stereocenters. The standard InChI is InChI=1S/C18H27FN2O/c1-18(2,15-4-3-5-16(19)12-15)13-21-17(22)7-6-14-8-10-20-11-9-14/h3-5,12,14,20H,6-11,13H2,1-2H3,(H,21,22). The highest BCUT2D eigenvalue weighted by Gasteiger charge is 2.22. The van der Waals surface area contributed by atoms with Crippen LogP contribution >= 0.6 is 0 Å². The van der Waals surface area contributed by atoms with Gasteiger partial charge in [-0.05, 0) is 56.0 Å². The molecule has 3 nitrogen and oxygen atoms in total. The molecule has 0 bridgehead atoms. The molecule has 1 aliphatic heterocycles. The predicted octanol–water partition coefficient (Wildman–Crippen LogP) is 3.00. The van der Waals surface area contributed by atoms with Crippen molar-refractivity contribution in [2.24, 2.45) is 5.92 Å². The topological polar surface area (TPSA) is 41.1 Å². The minimum atomic E-state index is -0.271. The maximum atomic E-state index is 13.3. The lowest BCUT2D eigenvalue weighted by Crippen LogP contribution is -2.37. The van der Waals surface area contributed by atoms with Crippen LogP contribution in [-0.2, 0) is 10.2 Å². The van der Waals surface area contributed by atoms with Crippen molar-refractivity contribution in [3.63, 3.8) is 0 Å². The number of halogens is 1. The van der Waals surface area contributed by atoms with Crippen LogP contribution in [-0.4, -0.2) is 25.5 Å². The zero-order chi connectivity index (χ0) is 16.0. The molecule has 1 fully saturated rings. The Balaban J connectivity index is 1.77. The number of hydrogen-bond acceptors (Lipinski definition) is 2. The minimum absolute atomic E-state index is 0.100. The highest BCUT2D eigenvalue weighted by atomic mass is 19.1. The van der Waals surface area contributed by atoms with Crippen molar-refractivity contribution >= 4 is 5.91 Å². The van der Waals surface area contributed by atoms with E-state index in [1.807, 2.05) is 19.9 Å². The van der Waals surface area contributed by atoms with Gasteiger partial charge in [0.1, 0.15) is 5.82 Å². The smallest absolute Gasteiger partial charge is 0.220 e. The van der Waals surface area contributed by atoms with Crippen LogP contribution in [0.1, 0.15) is 45.1 Å². The molecule has 22 heavy (non-hydrogen) atoms. The highest BCUT2D eigenvalue weighted by molar-refractivity contribution is 5.76. The van der Waals surface area contributed by atoms with Crippen LogP contribution in [0.15, 0.2) is 24.3 Å². The summed E-state index contributed by atoms with van der Waals surface area (Å²) >= 11 is 0. The maximum absolute atomic E-state index is 13.3. The number of amides is 1. The second-order valence-corrected chi connectivity index (χ2v) is 6.90. The second-order valence-electron chi connectivity index (χ2n) is 6.90. The van der Waals surface area contributed by atoms with Crippen molar-refractivity contribution in [1.82, 2.24) is 10.6 Å². The molecule has 1 aromatic rings. The van der Waals surface area contributed by atoms with E-state index in [4.69, 9.17) is 0 Å². The molecule has 0 unspecified atom stereocenters. The van der Waals surface area contributed by atoms with Crippen molar-refractivity contribution in [3.05, 3.63) is 35.6 Å². The van der Waals surface area contributed by atoms with Gasteiger partial charge in [-0.15, -0.1) is 0 Å². The van der Waals surface area contributed by atoms with Crippen LogP contribution in [0.2, 0.25) is 0 Å². The van der Waals surface area contributed by atoms with Crippen molar-refractivity contribution in [2.45, 2.75) is 44.9 Å². The van der Waals surface area contributed by atoms with Crippen LogP contribution in [0.5, 0.6) is 0 Å². The zero-order valence-corrected chi connectivity index (χ0v) is 13.6. The predicted molar refractivity (Wildman–Crippen MR) is 87.3 cm³/mol. The first-order valence-corrected chi connectivity index (χ1v) is 8.21. The molecular weight excluding hydrogens is 279 g/mol. The lowest BCUT2D eigenvalue weighted by molar-refractivity contribution is -0.121. The van der Waals surface area contributed by atoms with E-state index in [-0.39, 0.29) is 17.1 Å². The molecule has 2 rings (SSSR count). The van der Waals surface area contributed by atoms with Gasteiger partial charge in [0, 0.05) is 18.4 Å². The van der Waals surface area contributed by atoms with E-state index >= 15 is 0 Å². The van der Waals surface area contributed by atoms with Crippen LogP contribution in [0.3, 0.4) is 0 Å². The third-order valence-electron chi connectivity index (χ3n) is 4.57. The second kappa shape index (κ2) is 7.73. The largest absolute Gasteiger partial charge is 0.355 e. The summed E-state index contributed by atoms with van der Waals surface area (Å²) in [5, 5.41) is 6.34. The van der Waals surface area contributed by atoms with Gasteiger partial charge in [-0.25, -0.2) is 4.39 Å². The van der Waals surface area contributed by atoms with E-state index in [0.717, 1.165) is 25.1 Å². The zero-order valence-electron chi connectivity index (χ0n) is 13.6. The number of carbonyl (C=O) groups is 1. The molecule has 2 N–H and O–H groups in total. The quantitative estimate of drug-likeness (QED) is 0.848. The average molecular weight is 306 g/mol. The lowest BCUT2D eigenvalue weighted by atomic mass is 9.84. The van der Waals surface area contributed by atoms with E-state index in [1.54, 1.807) is 12.1 Å².